The molecule has 0 aromatic rings. The number of carbonyl (C=O) groups excluding carboxylic acids is 2. The number of hydrogen-bond acceptors (Lipinski definition) is 6. The maximum atomic E-state index is 10.5. The summed E-state index contributed by atoms with van der Waals surface area (Å²) in [4.78, 5) is 29.2. The molecule has 0 radical (unpaired) electrons. The summed E-state index contributed by atoms with van der Waals surface area (Å²) in [5, 5.41) is 4.11. The van der Waals surface area contributed by atoms with Crippen molar-refractivity contribution in [3.8, 4) is 0 Å². The maximum absolute atomic E-state index is 10.5. The second-order valence-corrected chi connectivity index (χ2v) is 5.58. The summed E-state index contributed by atoms with van der Waals surface area (Å²) in [5.74, 6) is -0.910. The molecule has 0 bridgehead atoms. The van der Waals surface area contributed by atoms with Crippen LogP contribution in [0.4, 0.5) is 0 Å². The second-order valence-electron chi connectivity index (χ2n) is 5.58. The standard InChI is InChI=1S/C7H12O2.C6H12O4/c1-5-6(8)9-7(2,3)4;1-5(7)8-10-9-6(2,3)4/h5H,1H2,2-4H3;1-4H3. The van der Waals surface area contributed by atoms with Crippen LogP contribution < -0.4 is 0 Å². The zero-order valence-electron chi connectivity index (χ0n) is 12.7. The predicted octanol–water partition coefficient (Wildman–Crippen LogP) is 2.73. The van der Waals surface area contributed by atoms with Gasteiger partial charge in [-0.05, 0) is 46.6 Å². The fourth-order valence-electron chi connectivity index (χ4n) is 0.510. The molecule has 0 aromatic heterocycles. The summed E-state index contributed by atoms with van der Waals surface area (Å²) >= 11 is 0. The van der Waals surface area contributed by atoms with Crippen LogP contribution in [0.2, 0.25) is 0 Å². The molecule has 0 heterocycles. The molecule has 0 aliphatic heterocycles. The van der Waals surface area contributed by atoms with Gasteiger partial charge in [0.2, 0.25) is 0 Å². The van der Waals surface area contributed by atoms with E-state index in [9.17, 15) is 9.59 Å². The average molecular weight is 276 g/mol. The Kier molecular flexibility index (Phi) is 9.08. The van der Waals surface area contributed by atoms with Crippen LogP contribution in [0.1, 0.15) is 48.5 Å². The number of ether oxygens (including phenoxy) is 1. The normalized spacial score (nSPS) is 10.9. The van der Waals surface area contributed by atoms with Gasteiger partial charge >= 0.3 is 11.9 Å². The number of hydrogen-bond donors (Lipinski definition) is 0. The van der Waals surface area contributed by atoms with E-state index < -0.39 is 17.2 Å². The third-order valence-corrected chi connectivity index (χ3v) is 1.01. The van der Waals surface area contributed by atoms with Crippen LogP contribution in [0.15, 0.2) is 12.7 Å². The van der Waals surface area contributed by atoms with E-state index in [4.69, 9.17) is 4.74 Å². The zero-order chi connectivity index (χ0) is 15.7. The van der Waals surface area contributed by atoms with E-state index in [-0.39, 0.29) is 5.97 Å². The Bertz CT molecular complexity index is 295. The van der Waals surface area contributed by atoms with Crippen molar-refractivity contribution in [3.63, 3.8) is 0 Å². The molecule has 6 heteroatoms. The van der Waals surface area contributed by atoms with Crippen molar-refractivity contribution >= 4 is 11.9 Å². The third kappa shape index (κ3) is 22.3. The van der Waals surface area contributed by atoms with Crippen molar-refractivity contribution in [3.05, 3.63) is 12.7 Å². The molecule has 0 aromatic carbocycles. The lowest BCUT2D eigenvalue weighted by Crippen LogP contribution is -2.22. The van der Waals surface area contributed by atoms with Gasteiger partial charge in [-0.3, -0.25) is 4.89 Å². The summed E-state index contributed by atoms with van der Waals surface area (Å²) in [6.07, 6.45) is 1.16. The SMILES string of the molecule is C=CC(=O)OC(C)(C)C.CC(=O)OOOC(C)(C)C. The van der Waals surface area contributed by atoms with Crippen molar-refractivity contribution in [2.24, 2.45) is 0 Å². The van der Waals surface area contributed by atoms with Gasteiger partial charge < -0.3 is 4.74 Å². The molecule has 0 aliphatic carbocycles. The summed E-state index contributed by atoms with van der Waals surface area (Å²) in [6.45, 7) is 15.3. The molecule has 0 unspecified atom stereocenters. The molecular formula is C13H24O6. The van der Waals surface area contributed by atoms with Crippen molar-refractivity contribution in [2.45, 2.75) is 59.7 Å². The third-order valence-electron chi connectivity index (χ3n) is 1.01. The largest absolute Gasteiger partial charge is 0.457 e. The topological polar surface area (TPSA) is 71.1 Å². The molecule has 112 valence electrons. The van der Waals surface area contributed by atoms with Gasteiger partial charge in [-0.1, -0.05) is 6.58 Å². The Labute approximate surface area is 114 Å². The molecule has 6 nitrogen and oxygen atoms in total. The van der Waals surface area contributed by atoms with Gasteiger partial charge in [-0.25, -0.2) is 9.59 Å². The Hall–Kier alpha value is -1.40. The Balaban J connectivity index is 0. The lowest BCUT2D eigenvalue weighted by molar-refractivity contribution is -0.514. The van der Waals surface area contributed by atoms with Gasteiger partial charge in [-0.15, -0.1) is 0 Å². The molecule has 0 saturated carbocycles. The fourth-order valence-corrected chi connectivity index (χ4v) is 0.510. The van der Waals surface area contributed by atoms with Gasteiger partial charge in [0.1, 0.15) is 5.60 Å². The van der Waals surface area contributed by atoms with E-state index >= 15 is 0 Å². The average Bonchev–Trinajstić information content (AvgIpc) is 2.13. The Morgan fingerprint density at radius 2 is 1.47 bits per heavy atom. The number of rotatable bonds is 3. The monoisotopic (exact) mass is 276 g/mol. The first-order chi connectivity index (χ1) is 8.37. The van der Waals surface area contributed by atoms with Gasteiger partial charge in [0.15, 0.2) is 0 Å². The van der Waals surface area contributed by atoms with Crippen LogP contribution in [-0.4, -0.2) is 23.1 Å². The highest BCUT2D eigenvalue weighted by Crippen LogP contribution is 2.07. The molecule has 0 spiro atoms. The number of carbonyl (C=O) groups is 2. The van der Waals surface area contributed by atoms with Crippen LogP contribution in [0.25, 0.3) is 0 Å². The van der Waals surface area contributed by atoms with Crippen molar-refractivity contribution in [1.82, 2.24) is 0 Å². The lowest BCUT2D eigenvalue weighted by atomic mass is 10.2. The van der Waals surface area contributed by atoms with Gasteiger partial charge in [0.25, 0.3) is 0 Å². The Morgan fingerprint density at radius 3 is 1.68 bits per heavy atom. The summed E-state index contributed by atoms with van der Waals surface area (Å²) < 4.78 is 4.83. The minimum absolute atomic E-state index is 0.373. The minimum atomic E-state index is -0.538. The molecule has 0 N–H and O–H groups in total. The van der Waals surface area contributed by atoms with Crippen molar-refractivity contribution < 1.29 is 29.1 Å². The van der Waals surface area contributed by atoms with E-state index in [2.05, 4.69) is 21.4 Å². The van der Waals surface area contributed by atoms with Crippen LogP contribution >= 0.6 is 0 Å². The quantitative estimate of drug-likeness (QED) is 0.341. The Morgan fingerprint density at radius 1 is 1.00 bits per heavy atom. The van der Waals surface area contributed by atoms with E-state index in [1.807, 2.05) is 20.8 Å². The zero-order valence-corrected chi connectivity index (χ0v) is 12.7. The van der Waals surface area contributed by atoms with Crippen LogP contribution in [0.3, 0.4) is 0 Å². The summed E-state index contributed by atoms with van der Waals surface area (Å²) in [5.41, 5.74) is -0.860. The highest BCUT2D eigenvalue weighted by molar-refractivity contribution is 5.81. The van der Waals surface area contributed by atoms with Crippen molar-refractivity contribution in [2.75, 3.05) is 0 Å². The van der Waals surface area contributed by atoms with Gasteiger partial charge in [0, 0.05) is 13.0 Å². The van der Waals surface area contributed by atoms with E-state index in [0.717, 1.165) is 6.08 Å². The molecule has 0 saturated heterocycles. The fraction of sp³-hybridized carbons (Fsp3) is 0.692. The van der Waals surface area contributed by atoms with E-state index in [1.165, 1.54) is 6.92 Å². The molecule has 0 amide bonds. The summed E-state index contributed by atoms with van der Waals surface area (Å²) in [7, 11) is 0. The minimum Gasteiger partial charge on any atom is -0.457 e. The highest BCUT2D eigenvalue weighted by Gasteiger charge is 2.13. The number of esters is 1. The van der Waals surface area contributed by atoms with E-state index in [0.29, 0.717) is 0 Å². The molecule has 0 fully saturated rings. The molecule has 0 atom stereocenters. The molecule has 19 heavy (non-hydrogen) atoms. The first kappa shape index (κ1) is 19.9. The molecular weight excluding hydrogens is 252 g/mol. The smallest absolute Gasteiger partial charge is 0.342 e. The first-order valence-electron chi connectivity index (χ1n) is 5.76. The van der Waals surface area contributed by atoms with Crippen LogP contribution in [0.5, 0.6) is 0 Å². The predicted molar refractivity (Wildman–Crippen MR) is 69.7 cm³/mol. The highest BCUT2D eigenvalue weighted by atomic mass is 17.5. The maximum Gasteiger partial charge on any atom is 0.342 e. The first-order valence-corrected chi connectivity index (χ1v) is 5.76. The van der Waals surface area contributed by atoms with Crippen LogP contribution in [0, 0.1) is 0 Å². The van der Waals surface area contributed by atoms with Crippen molar-refractivity contribution in [1.29, 1.82) is 0 Å². The molecule has 0 rings (SSSR count). The van der Waals surface area contributed by atoms with Gasteiger partial charge in [0.05, 0.1) is 5.60 Å². The summed E-state index contributed by atoms with van der Waals surface area (Å²) in [6, 6.07) is 0. The van der Waals surface area contributed by atoms with Crippen LogP contribution in [-0.2, 0) is 29.1 Å². The molecule has 0 aliphatic rings. The van der Waals surface area contributed by atoms with E-state index in [1.54, 1.807) is 20.8 Å². The lowest BCUT2D eigenvalue weighted by Gasteiger charge is -2.17. The second kappa shape index (κ2) is 8.66. The van der Waals surface area contributed by atoms with Gasteiger partial charge in [-0.2, -0.15) is 4.89 Å².